The topological polar surface area (TPSA) is 51.2 Å². The third-order valence-electron chi connectivity index (χ3n) is 3.40. The summed E-state index contributed by atoms with van der Waals surface area (Å²) in [4.78, 5) is 15.9. The van der Waals surface area contributed by atoms with Crippen molar-refractivity contribution in [1.82, 2.24) is 4.98 Å². The molecule has 1 N–H and O–H groups in total. The molecule has 3 aromatic rings. The van der Waals surface area contributed by atoms with Gasteiger partial charge in [-0.3, -0.25) is 4.79 Å². The second kappa shape index (κ2) is 6.56. The average molecular weight is 347 g/mol. The molecule has 0 amide bonds. The van der Waals surface area contributed by atoms with Gasteiger partial charge in [0.2, 0.25) is 0 Å². The summed E-state index contributed by atoms with van der Waals surface area (Å²) in [5, 5.41) is 4.56. The Balaban J connectivity index is 1.82. The van der Waals surface area contributed by atoms with E-state index >= 15 is 0 Å². The van der Waals surface area contributed by atoms with Gasteiger partial charge in [0, 0.05) is 0 Å². The van der Waals surface area contributed by atoms with Crippen molar-refractivity contribution in [2.24, 2.45) is 0 Å². The molecule has 0 aliphatic rings. The number of nitrogens with one attached hydrogen (secondary N) is 1. The highest BCUT2D eigenvalue weighted by Crippen LogP contribution is 2.32. The number of carbonyl (C=O) groups excluding carboxylic acids is 1. The maximum atomic E-state index is 11.3. The second-order valence-corrected chi connectivity index (χ2v) is 6.62. The molecular weight excluding hydrogens is 332 g/mol. The SMILES string of the molecule is COC(=O)Cc1ccc(Nc2nc3ccc(C)cc3s2)c(Cl)c1. The van der Waals surface area contributed by atoms with Crippen LogP contribution in [0.5, 0.6) is 0 Å². The van der Waals surface area contributed by atoms with Crippen molar-refractivity contribution in [3.8, 4) is 0 Å². The van der Waals surface area contributed by atoms with Crippen molar-refractivity contribution in [3.63, 3.8) is 0 Å². The number of hydrogen-bond acceptors (Lipinski definition) is 5. The molecule has 0 saturated heterocycles. The van der Waals surface area contributed by atoms with Gasteiger partial charge >= 0.3 is 5.97 Å². The quantitative estimate of drug-likeness (QED) is 0.694. The lowest BCUT2D eigenvalue weighted by Crippen LogP contribution is -2.04. The van der Waals surface area contributed by atoms with E-state index in [1.54, 1.807) is 17.4 Å². The molecule has 4 nitrogen and oxygen atoms in total. The van der Waals surface area contributed by atoms with Crippen molar-refractivity contribution < 1.29 is 9.53 Å². The van der Waals surface area contributed by atoms with Crippen molar-refractivity contribution in [1.29, 1.82) is 0 Å². The van der Waals surface area contributed by atoms with Gasteiger partial charge in [-0.05, 0) is 42.3 Å². The molecule has 0 aliphatic heterocycles. The molecule has 0 bridgehead atoms. The molecule has 118 valence electrons. The molecule has 0 unspecified atom stereocenters. The molecule has 6 heteroatoms. The number of fused-ring (bicyclic) bond motifs is 1. The maximum Gasteiger partial charge on any atom is 0.309 e. The molecule has 0 spiro atoms. The van der Waals surface area contributed by atoms with Gasteiger partial charge < -0.3 is 10.1 Å². The number of esters is 1. The largest absolute Gasteiger partial charge is 0.469 e. The Bertz CT molecular complexity index is 876. The molecule has 0 saturated carbocycles. The highest BCUT2D eigenvalue weighted by Gasteiger charge is 2.09. The zero-order chi connectivity index (χ0) is 16.4. The summed E-state index contributed by atoms with van der Waals surface area (Å²) in [5.41, 5.74) is 3.74. The Hall–Kier alpha value is -2.11. The number of anilines is 2. The number of aryl methyl sites for hydroxylation is 1. The van der Waals surface area contributed by atoms with E-state index in [1.807, 2.05) is 24.3 Å². The van der Waals surface area contributed by atoms with Gasteiger partial charge in [-0.25, -0.2) is 4.98 Å². The van der Waals surface area contributed by atoms with Crippen molar-refractivity contribution >= 4 is 49.9 Å². The molecule has 2 aromatic carbocycles. The lowest BCUT2D eigenvalue weighted by molar-refractivity contribution is -0.139. The number of ether oxygens (including phenoxy) is 1. The highest BCUT2D eigenvalue weighted by atomic mass is 35.5. The van der Waals surface area contributed by atoms with Gasteiger partial charge in [0.1, 0.15) is 0 Å². The first-order valence-corrected chi connectivity index (χ1v) is 8.24. The summed E-state index contributed by atoms with van der Waals surface area (Å²) in [6.07, 6.45) is 0.205. The van der Waals surface area contributed by atoms with Crippen LogP contribution in [0.1, 0.15) is 11.1 Å². The molecule has 0 atom stereocenters. The number of rotatable bonds is 4. The first-order chi connectivity index (χ1) is 11.0. The minimum Gasteiger partial charge on any atom is -0.469 e. The summed E-state index contributed by atoms with van der Waals surface area (Å²) >= 11 is 7.87. The Labute approximate surface area is 143 Å². The van der Waals surface area contributed by atoms with E-state index in [0.29, 0.717) is 5.02 Å². The highest BCUT2D eigenvalue weighted by molar-refractivity contribution is 7.22. The lowest BCUT2D eigenvalue weighted by atomic mass is 10.1. The predicted octanol–water partition coefficient (Wildman–Crippen LogP) is 4.72. The smallest absolute Gasteiger partial charge is 0.309 e. The molecule has 0 radical (unpaired) electrons. The third kappa shape index (κ3) is 3.63. The van der Waals surface area contributed by atoms with Crippen LogP contribution in [0.15, 0.2) is 36.4 Å². The van der Waals surface area contributed by atoms with Crippen LogP contribution in [0.2, 0.25) is 5.02 Å². The van der Waals surface area contributed by atoms with Crippen molar-refractivity contribution in [2.75, 3.05) is 12.4 Å². The second-order valence-electron chi connectivity index (χ2n) is 5.18. The number of benzene rings is 2. The van der Waals surface area contributed by atoms with Crippen LogP contribution in [0.25, 0.3) is 10.2 Å². The van der Waals surface area contributed by atoms with Gasteiger partial charge in [0.15, 0.2) is 5.13 Å². The Morgan fingerprint density at radius 1 is 1.30 bits per heavy atom. The minimum atomic E-state index is -0.289. The average Bonchev–Trinajstić information content (AvgIpc) is 2.91. The van der Waals surface area contributed by atoms with Crippen molar-refractivity contribution in [3.05, 3.63) is 52.5 Å². The molecule has 0 fully saturated rings. The van der Waals surface area contributed by atoms with Gasteiger partial charge in [0.25, 0.3) is 0 Å². The van der Waals surface area contributed by atoms with E-state index in [0.717, 1.165) is 26.6 Å². The van der Waals surface area contributed by atoms with E-state index in [4.69, 9.17) is 11.6 Å². The lowest BCUT2D eigenvalue weighted by Gasteiger charge is -2.07. The Kier molecular flexibility index (Phi) is 4.50. The summed E-state index contributed by atoms with van der Waals surface area (Å²) in [6.45, 7) is 2.06. The van der Waals surface area contributed by atoms with E-state index in [-0.39, 0.29) is 12.4 Å². The van der Waals surface area contributed by atoms with Crippen LogP contribution in [0, 0.1) is 6.92 Å². The van der Waals surface area contributed by atoms with Gasteiger partial charge in [-0.15, -0.1) is 0 Å². The summed E-state index contributed by atoms with van der Waals surface area (Å²) in [7, 11) is 1.37. The van der Waals surface area contributed by atoms with Crippen LogP contribution in [-0.4, -0.2) is 18.1 Å². The van der Waals surface area contributed by atoms with E-state index in [9.17, 15) is 4.79 Å². The predicted molar refractivity (Wildman–Crippen MR) is 94.8 cm³/mol. The number of hydrogen-bond donors (Lipinski definition) is 1. The standard InChI is InChI=1S/C17H15ClN2O2S/c1-10-3-5-14-15(7-10)23-17(20-14)19-13-6-4-11(8-12(13)18)9-16(21)22-2/h3-8H,9H2,1-2H3,(H,19,20). The summed E-state index contributed by atoms with van der Waals surface area (Å²) in [6, 6.07) is 11.6. The summed E-state index contributed by atoms with van der Waals surface area (Å²) in [5.74, 6) is -0.289. The molecular formula is C17H15ClN2O2S. The van der Waals surface area contributed by atoms with Crippen LogP contribution >= 0.6 is 22.9 Å². The molecule has 23 heavy (non-hydrogen) atoms. The van der Waals surface area contributed by atoms with Crippen molar-refractivity contribution in [2.45, 2.75) is 13.3 Å². The van der Waals surface area contributed by atoms with Gasteiger partial charge in [-0.1, -0.05) is 35.1 Å². The van der Waals surface area contributed by atoms with Crippen LogP contribution in [0.3, 0.4) is 0 Å². The minimum absolute atomic E-state index is 0.205. The fourth-order valence-corrected chi connectivity index (χ4v) is 3.44. The van der Waals surface area contributed by atoms with E-state index in [2.05, 4.69) is 28.0 Å². The zero-order valence-corrected chi connectivity index (χ0v) is 14.3. The van der Waals surface area contributed by atoms with E-state index in [1.165, 1.54) is 12.7 Å². The third-order valence-corrected chi connectivity index (χ3v) is 4.64. The monoisotopic (exact) mass is 346 g/mol. The van der Waals surface area contributed by atoms with Gasteiger partial charge in [-0.2, -0.15) is 0 Å². The first kappa shape index (κ1) is 15.8. The van der Waals surface area contributed by atoms with E-state index < -0.39 is 0 Å². The number of carbonyl (C=O) groups is 1. The first-order valence-electron chi connectivity index (χ1n) is 7.04. The molecule has 3 rings (SSSR count). The van der Waals surface area contributed by atoms with Crippen LogP contribution in [0.4, 0.5) is 10.8 Å². The Morgan fingerprint density at radius 3 is 2.87 bits per heavy atom. The van der Waals surface area contributed by atoms with Gasteiger partial charge in [0.05, 0.1) is 34.5 Å². The molecule has 0 aliphatic carbocycles. The molecule has 1 heterocycles. The number of methoxy groups -OCH3 is 1. The zero-order valence-electron chi connectivity index (χ0n) is 12.7. The number of thiazole rings is 1. The number of nitrogens with zero attached hydrogens (tertiary/aromatic N) is 1. The summed E-state index contributed by atoms with van der Waals surface area (Å²) < 4.78 is 5.79. The normalized spacial score (nSPS) is 10.7. The Morgan fingerprint density at radius 2 is 2.13 bits per heavy atom. The fraction of sp³-hybridized carbons (Fsp3) is 0.176. The fourth-order valence-electron chi connectivity index (χ4n) is 2.21. The molecule has 1 aromatic heterocycles. The number of aromatic nitrogens is 1. The van der Waals surface area contributed by atoms with Crippen LogP contribution in [-0.2, 0) is 16.0 Å². The number of halogens is 1. The van der Waals surface area contributed by atoms with Crippen LogP contribution < -0.4 is 5.32 Å². The maximum absolute atomic E-state index is 11.3.